The summed E-state index contributed by atoms with van der Waals surface area (Å²) in [6.45, 7) is 14.2. The Morgan fingerprint density at radius 3 is 1.24 bits per heavy atom. The van der Waals surface area contributed by atoms with E-state index in [1.54, 1.807) is 0 Å². The lowest BCUT2D eigenvalue weighted by molar-refractivity contribution is 0.338. The van der Waals surface area contributed by atoms with Gasteiger partial charge in [0, 0.05) is 0 Å². The van der Waals surface area contributed by atoms with E-state index in [-0.39, 0.29) is 0 Å². The van der Waals surface area contributed by atoms with Crippen LogP contribution in [0.25, 0.3) is 0 Å². The molecule has 0 saturated heterocycles. The molecule has 0 N–H and O–H groups in total. The molecule has 0 radical (unpaired) electrons. The maximum absolute atomic E-state index is 6.07. The van der Waals surface area contributed by atoms with Gasteiger partial charge in [0.05, 0.1) is 0 Å². The summed E-state index contributed by atoms with van der Waals surface area (Å²) < 4.78 is 17.6. The van der Waals surface area contributed by atoms with Gasteiger partial charge in [0.1, 0.15) is 0 Å². The molecule has 0 rings (SSSR count). The van der Waals surface area contributed by atoms with Crippen molar-refractivity contribution in [2.24, 2.45) is 0 Å². The van der Waals surface area contributed by atoms with E-state index in [1.807, 2.05) is 26.2 Å². The summed E-state index contributed by atoms with van der Waals surface area (Å²) in [7, 11) is -6.31. The smallest absolute Gasteiger partial charge is 0.437 e. The molecule has 3 nitrogen and oxygen atoms in total. The molecule has 0 atom stereocenters. The summed E-state index contributed by atoms with van der Waals surface area (Å²) in [6.07, 6.45) is -3.12. The van der Waals surface area contributed by atoms with Gasteiger partial charge in [-0.05, 0) is 45.8 Å². The summed E-state index contributed by atoms with van der Waals surface area (Å²) in [5.41, 5.74) is 0. The maximum Gasteiger partial charge on any atom is 0.485 e. The SMILES string of the molecule is C[Si](C)(C)O[Si](C)(C)O[Si](C)(C)O[Si](Cl)(Cl)Cl. The Hall–Kier alpha value is 1.62. The van der Waals surface area contributed by atoms with Crippen LogP contribution in [0.4, 0.5) is 0 Å². The molecule has 0 bridgehead atoms. The van der Waals surface area contributed by atoms with Gasteiger partial charge in [-0.15, -0.1) is 0 Å². The Bertz CT molecular complexity index is 236. The van der Waals surface area contributed by atoms with Gasteiger partial charge in [-0.3, -0.25) is 0 Å². The molecule has 0 aromatic carbocycles. The van der Waals surface area contributed by atoms with Crippen LogP contribution in [0.15, 0.2) is 0 Å². The van der Waals surface area contributed by atoms with Crippen molar-refractivity contribution < 1.29 is 12.3 Å². The summed E-state index contributed by atoms with van der Waals surface area (Å²) in [4.78, 5) is 0. The Morgan fingerprint density at radius 2 is 0.941 bits per heavy atom. The second kappa shape index (κ2) is 5.94. The molecule has 10 heteroatoms. The molecule has 0 unspecified atom stereocenters. The number of hydrogen-bond acceptors (Lipinski definition) is 3. The minimum Gasteiger partial charge on any atom is -0.437 e. The van der Waals surface area contributed by atoms with Crippen LogP contribution in [0.3, 0.4) is 0 Å². The van der Waals surface area contributed by atoms with Crippen molar-refractivity contribution in [3.63, 3.8) is 0 Å². The van der Waals surface area contributed by atoms with Gasteiger partial charge in [-0.2, -0.15) is 0 Å². The Morgan fingerprint density at radius 1 is 0.588 bits per heavy atom. The van der Waals surface area contributed by atoms with Crippen LogP contribution in [-0.4, -0.2) is 31.7 Å². The zero-order valence-electron chi connectivity index (χ0n) is 11.4. The van der Waals surface area contributed by atoms with Crippen LogP contribution < -0.4 is 0 Å². The summed E-state index contributed by atoms with van der Waals surface area (Å²) in [5, 5.41) is 0. The van der Waals surface area contributed by atoms with Gasteiger partial charge < -0.3 is 12.3 Å². The molecular formula is C7H21Cl3O3Si4. The third kappa shape index (κ3) is 11.2. The predicted octanol–water partition coefficient (Wildman–Crippen LogP) is 4.43. The normalized spacial score (nSPS) is 15.2. The van der Waals surface area contributed by atoms with E-state index in [1.165, 1.54) is 0 Å². The number of hydrogen-bond donors (Lipinski definition) is 0. The van der Waals surface area contributed by atoms with Crippen LogP contribution in [-0.2, 0) is 12.3 Å². The third-order valence-corrected chi connectivity index (χ3v) is 14.7. The predicted molar refractivity (Wildman–Crippen MR) is 84.9 cm³/mol. The first-order valence-electron chi connectivity index (χ1n) is 5.29. The maximum atomic E-state index is 6.07. The Kier molecular flexibility index (Phi) is 6.51. The third-order valence-electron chi connectivity index (χ3n) is 1.41. The first-order valence-corrected chi connectivity index (χ1v) is 19.3. The minimum absolute atomic E-state index is 1.64. The average molecular weight is 372 g/mol. The van der Waals surface area contributed by atoms with Gasteiger partial charge in [0.25, 0.3) is 0 Å². The van der Waals surface area contributed by atoms with Crippen molar-refractivity contribution in [2.45, 2.75) is 45.8 Å². The molecule has 0 spiro atoms. The highest BCUT2D eigenvalue weighted by atomic mass is 35.8. The molecule has 17 heavy (non-hydrogen) atoms. The second-order valence-corrected chi connectivity index (χ2v) is 25.4. The molecule has 0 aromatic heterocycles. The number of rotatable bonds is 6. The first-order chi connectivity index (χ1) is 7.12. The Balaban J connectivity index is 4.59. The highest BCUT2D eigenvalue weighted by molar-refractivity contribution is 7.62. The summed E-state index contributed by atoms with van der Waals surface area (Å²) in [6, 6.07) is 0. The molecule has 0 aliphatic rings. The molecule has 0 heterocycles. The molecule has 0 aliphatic carbocycles. The fourth-order valence-corrected chi connectivity index (χ4v) is 20.6. The van der Waals surface area contributed by atoms with Crippen molar-refractivity contribution >= 4 is 64.9 Å². The standard InChI is InChI=1S/C7H21Cl3O3Si4/c1-14(2,3)11-15(4,5)12-16(6,7)13-17(8,9)10/h1-7H3. The highest BCUT2D eigenvalue weighted by Crippen LogP contribution is 2.29. The van der Waals surface area contributed by atoms with Crippen molar-refractivity contribution in [2.75, 3.05) is 0 Å². The monoisotopic (exact) mass is 370 g/mol. The van der Waals surface area contributed by atoms with E-state index < -0.39 is 31.7 Å². The van der Waals surface area contributed by atoms with Gasteiger partial charge in [0.2, 0.25) is 0 Å². The van der Waals surface area contributed by atoms with Gasteiger partial charge in [-0.25, -0.2) is 0 Å². The van der Waals surface area contributed by atoms with Crippen LogP contribution in [0.5, 0.6) is 0 Å². The molecule has 104 valence electrons. The molecule has 0 saturated carbocycles. The highest BCUT2D eigenvalue weighted by Gasteiger charge is 2.44. The van der Waals surface area contributed by atoms with Crippen LogP contribution in [0.1, 0.15) is 0 Å². The van der Waals surface area contributed by atoms with E-state index in [0.717, 1.165) is 0 Å². The fraction of sp³-hybridized carbons (Fsp3) is 1.00. The van der Waals surface area contributed by atoms with Crippen molar-refractivity contribution in [3.8, 4) is 0 Å². The Labute approximate surface area is 123 Å². The molecule has 0 amide bonds. The van der Waals surface area contributed by atoms with Crippen molar-refractivity contribution in [3.05, 3.63) is 0 Å². The van der Waals surface area contributed by atoms with E-state index in [0.29, 0.717) is 0 Å². The van der Waals surface area contributed by atoms with E-state index in [9.17, 15) is 0 Å². The minimum atomic E-state index is -3.12. The molecule has 0 aromatic rings. The van der Waals surface area contributed by atoms with Crippen molar-refractivity contribution in [1.82, 2.24) is 0 Å². The topological polar surface area (TPSA) is 27.7 Å². The van der Waals surface area contributed by atoms with Crippen LogP contribution >= 0.6 is 33.2 Å². The zero-order valence-corrected chi connectivity index (χ0v) is 17.6. The zero-order chi connectivity index (χ0) is 14.1. The lowest BCUT2D eigenvalue weighted by Crippen LogP contribution is -2.54. The van der Waals surface area contributed by atoms with Crippen LogP contribution in [0.2, 0.25) is 45.8 Å². The number of halogens is 3. The van der Waals surface area contributed by atoms with Crippen LogP contribution in [0, 0.1) is 0 Å². The van der Waals surface area contributed by atoms with Gasteiger partial charge in [0.15, 0.2) is 8.32 Å². The van der Waals surface area contributed by atoms with Crippen molar-refractivity contribution in [1.29, 1.82) is 0 Å². The largest absolute Gasteiger partial charge is 0.485 e. The van der Waals surface area contributed by atoms with E-state index >= 15 is 0 Å². The van der Waals surface area contributed by atoms with Gasteiger partial charge >= 0.3 is 23.4 Å². The summed E-state index contributed by atoms with van der Waals surface area (Å²) >= 11 is 17.3. The van der Waals surface area contributed by atoms with Gasteiger partial charge in [-0.1, -0.05) is 33.2 Å². The molecule has 0 aliphatic heterocycles. The fourth-order valence-electron chi connectivity index (χ4n) is 1.65. The quantitative estimate of drug-likeness (QED) is 0.510. The van der Waals surface area contributed by atoms with E-state index in [4.69, 9.17) is 45.6 Å². The second-order valence-electron chi connectivity index (χ2n) is 5.66. The molecular weight excluding hydrogens is 351 g/mol. The lowest BCUT2D eigenvalue weighted by atomic mass is 11.8. The first kappa shape index (κ1) is 18.6. The summed E-state index contributed by atoms with van der Waals surface area (Å²) in [5.74, 6) is 0. The average Bonchev–Trinajstić information content (AvgIpc) is 1.65. The van der Waals surface area contributed by atoms with E-state index in [2.05, 4.69) is 19.6 Å². The molecule has 0 fully saturated rings. The lowest BCUT2D eigenvalue weighted by Gasteiger charge is -2.37.